The molecule has 0 unspecified atom stereocenters. The largest absolute Gasteiger partial charge is 0.462 e. The number of nitrogens with two attached hydrogens (primary N) is 1. The van der Waals surface area contributed by atoms with Gasteiger partial charge in [-0.05, 0) is 51.0 Å². The van der Waals surface area contributed by atoms with Crippen LogP contribution in [0.2, 0.25) is 0 Å². The fraction of sp³-hybridized carbons (Fsp3) is 0.217. The Morgan fingerprint density at radius 2 is 1.88 bits per heavy atom. The van der Waals surface area contributed by atoms with E-state index in [0.29, 0.717) is 31.2 Å². The second-order valence-electron chi connectivity index (χ2n) is 7.37. The highest BCUT2D eigenvalue weighted by molar-refractivity contribution is 7.21. The second kappa shape index (κ2) is 8.33. The molecule has 1 aromatic carbocycles. The molecule has 0 saturated carbocycles. The van der Waals surface area contributed by atoms with Crippen LogP contribution in [-0.2, 0) is 4.74 Å². The first-order valence-corrected chi connectivity index (χ1v) is 11.6. The van der Waals surface area contributed by atoms with E-state index in [1.54, 1.807) is 13.8 Å². The van der Waals surface area contributed by atoms with Crippen LogP contribution in [0.25, 0.3) is 21.1 Å². The van der Waals surface area contributed by atoms with Crippen LogP contribution in [0.4, 0.5) is 10.7 Å². The Hall–Kier alpha value is -3.30. The summed E-state index contributed by atoms with van der Waals surface area (Å²) in [5, 5.41) is 4.67. The number of hydrogen-bond acceptors (Lipinski definition) is 8. The number of esters is 1. The predicted molar refractivity (Wildman–Crippen MR) is 129 cm³/mol. The van der Waals surface area contributed by atoms with Crippen molar-refractivity contribution in [3.63, 3.8) is 0 Å². The molecule has 0 fully saturated rings. The molecule has 3 aromatic heterocycles. The average molecular weight is 468 g/mol. The maximum atomic E-state index is 13.1. The molecule has 164 valence electrons. The van der Waals surface area contributed by atoms with Crippen LogP contribution in [0.5, 0.6) is 0 Å². The van der Waals surface area contributed by atoms with Crippen molar-refractivity contribution in [3.8, 4) is 0 Å². The summed E-state index contributed by atoms with van der Waals surface area (Å²) in [6, 6.07) is 7.87. The lowest BCUT2D eigenvalue weighted by Crippen LogP contribution is -2.15. The molecular formula is C23H21N3O4S2. The van der Waals surface area contributed by atoms with E-state index in [2.05, 4.69) is 10.3 Å². The molecule has 4 aromatic rings. The minimum Gasteiger partial charge on any atom is -0.462 e. The number of anilines is 2. The van der Waals surface area contributed by atoms with Gasteiger partial charge in [-0.2, -0.15) is 0 Å². The number of thiophene rings is 2. The lowest BCUT2D eigenvalue weighted by molar-refractivity contribution is 0.0527. The van der Waals surface area contributed by atoms with Crippen LogP contribution in [0.3, 0.4) is 0 Å². The summed E-state index contributed by atoms with van der Waals surface area (Å²) in [6.45, 7) is 6.95. The highest BCUT2D eigenvalue weighted by Crippen LogP contribution is 2.38. The van der Waals surface area contributed by atoms with E-state index in [1.165, 1.54) is 18.3 Å². The topological polar surface area (TPSA) is 111 Å². The van der Waals surface area contributed by atoms with Gasteiger partial charge in [-0.25, -0.2) is 9.78 Å². The van der Waals surface area contributed by atoms with E-state index in [9.17, 15) is 14.4 Å². The summed E-state index contributed by atoms with van der Waals surface area (Å²) < 4.78 is 5.13. The van der Waals surface area contributed by atoms with Gasteiger partial charge in [0.05, 0.1) is 28.3 Å². The number of hydrogen-bond donors (Lipinski definition) is 2. The van der Waals surface area contributed by atoms with E-state index < -0.39 is 11.9 Å². The van der Waals surface area contributed by atoms with Gasteiger partial charge in [0.15, 0.2) is 5.78 Å². The van der Waals surface area contributed by atoms with Gasteiger partial charge in [-0.15, -0.1) is 22.7 Å². The molecule has 1 amide bonds. The van der Waals surface area contributed by atoms with E-state index in [-0.39, 0.29) is 23.0 Å². The molecule has 3 N–H and O–H groups in total. The maximum absolute atomic E-state index is 13.1. The first kappa shape index (κ1) is 21.9. The number of pyridine rings is 1. The fourth-order valence-corrected chi connectivity index (χ4v) is 5.58. The van der Waals surface area contributed by atoms with Crippen molar-refractivity contribution in [2.75, 3.05) is 17.7 Å². The van der Waals surface area contributed by atoms with Gasteiger partial charge in [0.25, 0.3) is 5.91 Å². The monoisotopic (exact) mass is 467 g/mol. The number of rotatable bonds is 5. The quantitative estimate of drug-likeness (QED) is 0.303. The van der Waals surface area contributed by atoms with Crippen molar-refractivity contribution in [3.05, 3.63) is 50.7 Å². The van der Waals surface area contributed by atoms with Gasteiger partial charge >= 0.3 is 5.97 Å². The molecule has 0 radical (unpaired) electrons. The molecule has 7 nitrogen and oxygen atoms in total. The number of carbonyl (C=O) groups excluding carboxylic acids is 3. The zero-order chi connectivity index (χ0) is 23.2. The number of ether oxygens (including phenoxy) is 1. The summed E-state index contributed by atoms with van der Waals surface area (Å²) in [5.41, 5.74) is 9.24. The maximum Gasteiger partial charge on any atom is 0.341 e. The van der Waals surface area contributed by atoms with Gasteiger partial charge in [0.1, 0.15) is 14.7 Å². The highest BCUT2D eigenvalue weighted by Gasteiger charge is 2.27. The Kier molecular flexibility index (Phi) is 5.70. The predicted octanol–water partition coefficient (Wildman–Crippen LogP) is 5.34. The van der Waals surface area contributed by atoms with Crippen molar-refractivity contribution < 1.29 is 19.1 Å². The van der Waals surface area contributed by atoms with Gasteiger partial charge in [0, 0.05) is 10.8 Å². The Labute approximate surface area is 192 Å². The summed E-state index contributed by atoms with van der Waals surface area (Å²) in [7, 11) is 0. The highest BCUT2D eigenvalue weighted by atomic mass is 32.1. The molecule has 0 aliphatic heterocycles. The third-order valence-corrected chi connectivity index (χ3v) is 7.47. The number of nitrogen functional groups attached to an aromatic ring is 1. The number of benzene rings is 1. The summed E-state index contributed by atoms with van der Waals surface area (Å²) in [6.07, 6.45) is 0. The lowest BCUT2D eigenvalue weighted by Gasteiger charge is -2.06. The number of amides is 1. The molecular weight excluding hydrogens is 446 g/mol. The Balaban J connectivity index is 1.76. The number of carbonyl (C=O) groups is 3. The van der Waals surface area contributed by atoms with Gasteiger partial charge in [-0.3, -0.25) is 9.59 Å². The third kappa shape index (κ3) is 3.74. The lowest BCUT2D eigenvalue weighted by atomic mass is 10.1. The normalized spacial score (nSPS) is 11.1. The SMILES string of the molecule is CCOC(=O)c1c(NC(=O)c2sc3nc4cc(C)ccc4cc3c2N)sc(C(C)=O)c1C. The molecule has 0 spiro atoms. The number of ketones is 1. The van der Waals surface area contributed by atoms with Crippen LogP contribution < -0.4 is 11.1 Å². The van der Waals surface area contributed by atoms with Crippen molar-refractivity contribution >= 4 is 72.1 Å². The van der Waals surface area contributed by atoms with Crippen LogP contribution in [0.1, 0.15) is 54.7 Å². The molecule has 0 aliphatic rings. The molecule has 0 saturated heterocycles. The molecule has 32 heavy (non-hydrogen) atoms. The zero-order valence-electron chi connectivity index (χ0n) is 18.0. The van der Waals surface area contributed by atoms with Crippen molar-refractivity contribution in [1.82, 2.24) is 4.98 Å². The second-order valence-corrected chi connectivity index (χ2v) is 9.39. The third-order valence-electron chi connectivity index (χ3n) is 5.05. The molecule has 0 atom stereocenters. The molecule has 3 heterocycles. The number of nitrogens with one attached hydrogen (secondary N) is 1. The Morgan fingerprint density at radius 1 is 1.12 bits per heavy atom. The van der Waals surface area contributed by atoms with Crippen molar-refractivity contribution in [2.24, 2.45) is 0 Å². The first-order valence-electron chi connectivity index (χ1n) is 9.93. The first-order chi connectivity index (χ1) is 15.2. The Morgan fingerprint density at radius 3 is 2.56 bits per heavy atom. The fourth-order valence-electron chi connectivity index (χ4n) is 3.52. The van der Waals surface area contributed by atoms with Crippen molar-refractivity contribution in [2.45, 2.75) is 27.7 Å². The zero-order valence-corrected chi connectivity index (χ0v) is 19.6. The van der Waals surface area contributed by atoms with Gasteiger partial charge in [0.2, 0.25) is 0 Å². The molecule has 4 rings (SSSR count). The van der Waals surface area contributed by atoms with E-state index >= 15 is 0 Å². The summed E-state index contributed by atoms with van der Waals surface area (Å²) in [5.74, 6) is -1.24. The van der Waals surface area contributed by atoms with Gasteiger partial charge < -0.3 is 15.8 Å². The Bertz CT molecular complexity index is 1420. The van der Waals surface area contributed by atoms with Crippen LogP contribution >= 0.6 is 22.7 Å². The van der Waals surface area contributed by atoms with E-state index in [0.717, 1.165) is 27.8 Å². The number of aromatic nitrogens is 1. The number of Topliss-reactive ketones (excluding diaryl/α,β-unsaturated/α-hetero) is 1. The molecule has 9 heteroatoms. The minimum absolute atomic E-state index is 0.179. The molecule has 0 bridgehead atoms. The van der Waals surface area contributed by atoms with Crippen LogP contribution in [-0.4, -0.2) is 29.3 Å². The number of fused-ring (bicyclic) bond motifs is 2. The van der Waals surface area contributed by atoms with Crippen LogP contribution in [0, 0.1) is 13.8 Å². The number of aryl methyl sites for hydroxylation is 1. The summed E-state index contributed by atoms with van der Waals surface area (Å²) >= 11 is 2.24. The molecule has 0 aliphatic carbocycles. The smallest absolute Gasteiger partial charge is 0.341 e. The van der Waals surface area contributed by atoms with Gasteiger partial charge in [-0.1, -0.05) is 12.1 Å². The summed E-state index contributed by atoms with van der Waals surface area (Å²) in [4.78, 5) is 43.6. The standard InChI is InChI=1S/C23H21N3O4S2/c1-5-30-23(29)16-11(3)18(12(4)27)31-22(16)26-20(28)19-17(24)14-9-13-7-6-10(2)8-15(13)25-21(14)32-19/h6-9H,5,24H2,1-4H3,(H,26,28). The average Bonchev–Trinajstić information content (AvgIpc) is 3.23. The van der Waals surface area contributed by atoms with E-state index in [4.69, 9.17) is 10.5 Å². The van der Waals surface area contributed by atoms with Crippen LogP contribution in [0.15, 0.2) is 24.3 Å². The van der Waals surface area contributed by atoms with E-state index in [1.807, 2.05) is 31.2 Å². The number of nitrogens with zero attached hydrogens (tertiary/aromatic N) is 1. The minimum atomic E-state index is -0.586. The van der Waals surface area contributed by atoms with Crippen molar-refractivity contribution in [1.29, 1.82) is 0 Å².